The Hall–Kier alpha value is -2.79. The molecule has 10 heteroatoms. The minimum Gasteiger partial charge on any atom is -0.496 e. The van der Waals surface area contributed by atoms with Crippen molar-refractivity contribution in [3.63, 3.8) is 0 Å². The number of anilines is 1. The van der Waals surface area contributed by atoms with Gasteiger partial charge in [-0.25, -0.2) is 15.0 Å². The summed E-state index contributed by atoms with van der Waals surface area (Å²) in [5.74, 6) is 1.06. The molecule has 142 valence electrons. The van der Waals surface area contributed by atoms with Gasteiger partial charge < -0.3 is 30.5 Å². The summed E-state index contributed by atoms with van der Waals surface area (Å²) in [5, 5.41) is 29.6. The number of nitrogens with two attached hydrogens (primary N) is 1. The zero-order valence-corrected chi connectivity index (χ0v) is 14.4. The summed E-state index contributed by atoms with van der Waals surface area (Å²) in [6, 6.07) is 7.23. The van der Waals surface area contributed by atoms with Crippen molar-refractivity contribution in [1.82, 2.24) is 19.5 Å². The van der Waals surface area contributed by atoms with E-state index in [1.54, 1.807) is 19.2 Å². The second-order valence-corrected chi connectivity index (χ2v) is 6.19. The van der Waals surface area contributed by atoms with Gasteiger partial charge in [0, 0.05) is 0 Å². The Bertz CT molecular complexity index is 978. The number of aliphatic hydroxyl groups is 3. The van der Waals surface area contributed by atoms with Crippen LogP contribution in [0.2, 0.25) is 0 Å². The van der Waals surface area contributed by atoms with Gasteiger partial charge in [0.25, 0.3) is 0 Å². The number of fused-ring (bicyclic) bond motifs is 1. The second-order valence-electron chi connectivity index (χ2n) is 6.19. The van der Waals surface area contributed by atoms with Crippen molar-refractivity contribution in [3.05, 3.63) is 30.6 Å². The van der Waals surface area contributed by atoms with Crippen LogP contribution in [0.1, 0.15) is 6.23 Å². The Balaban J connectivity index is 1.84. The Morgan fingerprint density at radius 2 is 2.00 bits per heavy atom. The van der Waals surface area contributed by atoms with Gasteiger partial charge in [0.2, 0.25) is 0 Å². The lowest BCUT2D eigenvalue weighted by molar-refractivity contribution is -0.0511. The fraction of sp³-hybridized carbons (Fsp3) is 0.353. The van der Waals surface area contributed by atoms with Crippen LogP contribution in [0, 0.1) is 0 Å². The first-order valence-electron chi connectivity index (χ1n) is 8.31. The van der Waals surface area contributed by atoms with Crippen LogP contribution in [0.15, 0.2) is 30.6 Å². The van der Waals surface area contributed by atoms with Gasteiger partial charge in [-0.2, -0.15) is 0 Å². The highest BCUT2D eigenvalue weighted by atomic mass is 16.6. The molecule has 1 aliphatic heterocycles. The summed E-state index contributed by atoms with van der Waals surface area (Å²) in [6.07, 6.45) is -2.96. The van der Waals surface area contributed by atoms with Crippen molar-refractivity contribution < 1.29 is 24.8 Å². The Kier molecular flexibility index (Phi) is 4.40. The van der Waals surface area contributed by atoms with Crippen molar-refractivity contribution in [2.45, 2.75) is 24.5 Å². The molecule has 3 aromatic rings. The SMILES string of the molecule is COc1ccccc1-c1nc(N)c2ncn([C@@H]3O[C@H](CO)[C@@H](O)[C@H]3O)c2n1. The third-order valence-corrected chi connectivity index (χ3v) is 4.59. The third-order valence-electron chi connectivity index (χ3n) is 4.59. The van der Waals surface area contributed by atoms with Crippen molar-refractivity contribution in [2.24, 2.45) is 0 Å². The molecule has 4 rings (SSSR count). The lowest BCUT2D eigenvalue weighted by Crippen LogP contribution is -2.33. The lowest BCUT2D eigenvalue weighted by atomic mass is 10.1. The molecule has 0 unspecified atom stereocenters. The fourth-order valence-corrected chi connectivity index (χ4v) is 3.18. The third kappa shape index (κ3) is 2.79. The average Bonchev–Trinajstić information content (AvgIpc) is 3.23. The van der Waals surface area contributed by atoms with E-state index in [1.165, 1.54) is 10.9 Å². The molecule has 2 aromatic heterocycles. The molecule has 0 bridgehead atoms. The number of nitrogen functional groups attached to an aromatic ring is 1. The molecule has 1 aromatic carbocycles. The molecule has 27 heavy (non-hydrogen) atoms. The maximum Gasteiger partial charge on any atom is 0.168 e. The number of hydrogen-bond donors (Lipinski definition) is 4. The van der Waals surface area contributed by atoms with Crippen LogP contribution in [-0.4, -0.2) is 66.9 Å². The zero-order valence-electron chi connectivity index (χ0n) is 14.4. The topological polar surface area (TPSA) is 149 Å². The first kappa shape index (κ1) is 17.6. The molecule has 0 saturated carbocycles. The molecule has 1 fully saturated rings. The van der Waals surface area contributed by atoms with Crippen LogP contribution in [-0.2, 0) is 4.74 Å². The molecule has 10 nitrogen and oxygen atoms in total. The first-order valence-corrected chi connectivity index (χ1v) is 8.31. The van der Waals surface area contributed by atoms with Crippen LogP contribution < -0.4 is 10.5 Å². The largest absolute Gasteiger partial charge is 0.496 e. The number of hydrogen-bond acceptors (Lipinski definition) is 9. The first-order chi connectivity index (χ1) is 13.0. The number of aromatic nitrogens is 4. The van der Waals surface area contributed by atoms with Gasteiger partial charge >= 0.3 is 0 Å². The number of nitrogens with zero attached hydrogens (tertiary/aromatic N) is 4. The van der Waals surface area contributed by atoms with Crippen molar-refractivity contribution in [1.29, 1.82) is 0 Å². The summed E-state index contributed by atoms with van der Waals surface area (Å²) in [6.45, 7) is -0.426. The molecule has 3 heterocycles. The average molecular weight is 373 g/mol. The van der Waals surface area contributed by atoms with Gasteiger partial charge in [-0.05, 0) is 12.1 Å². The number of ether oxygens (including phenoxy) is 2. The van der Waals surface area contributed by atoms with Crippen molar-refractivity contribution in [2.75, 3.05) is 19.5 Å². The van der Waals surface area contributed by atoms with Crippen LogP contribution in [0.3, 0.4) is 0 Å². The van der Waals surface area contributed by atoms with Crippen molar-refractivity contribution >= 4 is 17.0 Å². The van der Waals surface area contributed by atoms with E-state index >= 15 is 0 Å². The van der Waals surface area contributed by atoms with E-state index < -0.39 is 31.1 Å². The molecule has 0 aliphatic carbocycles. The minimum absolute atomic E-state index is 0.159. The molecule has 4 atom stereocenters. The Labute approximate surface area is 153 Å². The van der Waals surface area contributed by atoms with Gasteiger partial charge in [-0.3, -0.25) is 4.57 Å². The molecular formula is C17H19N5O5. The van der Waals surface area contributed by atoms with Gasteiger partial charge in [0.05, 0.1) is 25.6 Å². The lowest BCUT2D eigenvalue weighted by Gasteiger charge is -2.17. The summed E-state index contributed by atoms with van der Waals surface area (Å²) < 4.78 is 12.4. The monoisotopic (exact) mass is 373 g/mol. The fourth-order valence-electron chi connectivity index (χ4n) is 3.18. The van der Waals surface area contributed by atoms with E-state index in [1.807, 2.05) is 12.1 Å². The number of methoxy groups -OCH3 is 1. The molecular weight excluding hydrogens is 354 g/mol. The molecule has 1 aliphatic rings. The Morgan fingerprint density at radius 1 is 1.22 bits per heavy atom. The summed E-state index contributed by atoms with van der Waals surface area (Å²) in [4.78, 5) is 13.0. The van der Waals surface area contributed by atoms with E-state index in [0.717, 1.165) is 0 Å². The van der Waals surface area contributed by atoms with E-state index in [2.05, 4.69) is 15.0 Å². The summed E-state index contributed by atoms with van der Waals surface area (Å²) in [7, 11) is 1.55. The van der Waals surface area contributed by atoms with Gasteiger partial charge in [0.1, 0.15) is 29.6 Å². The maximum absolute atomic E-state index is 10.3. The van der Waals surface area contributed by atoms with E-state index in [-0.39, 0.29) is 5.82 Å². The number of para-hydroxylation sites is 1. The van der Waals surface area contributed by atoms with Crippen molar-refractivity contribution in [3.8, 4) is 17.1 Å². The van der Waals surface area contributed by atoms with Crippen LogP contribution >= 0.6 is 0 Å². The van der Waals surface area contributed by atoms with E-state index in [9.17, 15) is 15.3 Å². The normalized spacial score (nSPS) is 25.2. The number of aliphatic hydroxyl groups excluding tert-OH is 3. The van der Waals surface area contributed by atoms with E-state index in [0.29, 0.717) is 28.3 Å². The number of rotatable bonds is 4. The van der Waals surface area contributed by atoms with Crippen LogP contribution in [0.25, 0.3) is 22.6 Å². The minimum atomic E-state index is -1.26. The number of benzene rings is 1. The van der Waals surface area contributed by atoms with Gasteiger partial charge in [-0.1, -0.05) is 12.1 Å². The highest BCUT2D eigenvalue weighted by molar-refractivity contribution is 5.84. The van der Waals surface area contributed by atoms with Gasteiger partial charge in [0.15, 0.2) is 23.5 Å². The predicted molar refractivity (Wildman–Crippen MR) is 94.7 cm³/mol. The maximum atomic E-state index is 10.3. The number of imidazole rings is 1. The summed E-state index contributed by atoms with van der Waals surface area (Å²) in [5.41, 5.74) is 7.37. The zero-order chi connectivity index (χ0) is 19.1. The summed E-state index contributed by atoms with van der Waals surface area (Å²) >= 11 is 0. The highest BCUT2D eigenvalue weighted by Crippen LogP contribution is 2.34. The van der Waals surface area contributed by atoms with Gasteiger partial charge in [-0.15, -0.1) is 0 Å². The predicted octanol–water partition coefficient (Wildman–Crippen LogP) is -0.304. The quantitative estimate of drug-likeness (QED) is 0.483. The van der Waals surface area contributed by atoms with E-state index in [4.69, 9.17) is 15.2 Å². The molecule has 5 N–H and O–H groups in total. The highest BCUT2D eigenvalue weighted by Gasteiger charge is 2.44. The van der Waals surface area contributed by atoms with Crippen LogP contribution in [0.4, 0.5) is 5.82 Å². The standard InChI is InChI=1S/C17H19N5O5/c1-26-9-5-3-2-4-8(9)15-20-14(18)11-16(21-15)22(7-19-11)17-13(25)12(24)10(6-23)27-17/h2-5,7,10,12-13,17,23-25H,6H2,1H3,(H2,18,20,21)/t10-,12-,13-,17-/m1/s1. The Morgan fingerprint density at radius 3 is 2.70 bits per heavy atom. The smallest absolute Gasteiger partial charge is 0.168 e. The molecule has 0 radical (unpaired) electrons. The molecule has 1 saturated heterocycles. The molecule has 0 spiro atoms. The molecule has 0 amide bonds. The second kappa shape index (κ2) is 6.74. The van der Waals surface area contributed by atoms with Crippen LogP contribution in [0.5, 0.6) is 5.75 Å².